The average molecular weight is 216 g/mol. The van der Waals surface area contributed by atoms with E-state index in [1.54, 1.807) is 19.3 Å². The van der Waals surface area contributed by atoms with Gasteiger partial charge in [-0.1, -0.05) is 0 Å². The highest BCUT2D eigenvalue weighted by molar-refractivity contribution is 5.12. The molecule has 2 aromatic rings. The van der Waals surface area contributed by atoms with Crippen LogP contribution in [0.1, 0.15) is 24.3 Å². The summed E-state index contributed by atoms with van der Waals surface area (Å²) in [5.74, 6) is 0. The molecule has 0 fully saturated rings. The number of aromatic nitrogens is 2. The van der Waals surface area contributed by atoms with Crippen molar-refractivity contribution in [1.29, 1.82) is 0 Å². The van der Waals surface area contributed by atoms with Gasteiger partial charge in [0.15, 0.2) is 0 Å². The molecule has 16 heavy (non-hydrogen) atoms. The molecule has 0 spiro atoms. The van der Waals surface area contributed by atoms with Crippen LogP contribution in [0.5, 0.6) is 0 Å². The van der Waals surface area contributed by atoms with Crippen molar-refractivity contribution in [3.63, 3.8) is 0 Å². The summed E-state index contributed by atoms with van der Waals surface area (Å²) in [4.78, 5) is 3.99. The van der Waals surface area contributed by atoms with Gasteiger partial charge in [-0.05, 0) is 43.2 Å². The third-order valence-corrected chi connectivity index (χ3v) is 2.68. The molecule has 2 aromatic heterocycles. The fourth-order valence-corrected chi connectivity index (χ4v) is 1.81. The lowest BCUT2D eigenvalue weighted by atomic mass is 10.2. The van der Waals surface area contributed by atoms with E-state index in [1.807, 2.05) is 30.5 Å². The van der Waals surface area contributed by atoms with E-state index < -0.39 is 6.10 Å². The molecule has 0 aliphatic heterocycles. The van der Waals surface area contributed by atoms with E-state index >= 15 is 0 Å². The van der Waals surface area contributed by atoms with Gasteiger partial charge >= 0.3 is 0 Å². The molecule has 0 bridgehead atoms. The van der Waals surface area contributed by atoms with Crippen molar-refractivity contribution in [3.8, 4) is 0 Å². The van der Waals surface area contributed by atoms with E-state index in [9.17, 15) is 5.11 Å². The maximum absolute atomic E-state index is 9.56. The van der Waals surface area contributed by atoms with Gasteiger partial charge in [-0.2, -0.15) is 0 Å². The molecule has 0 saturated carbocycles. The zero-order chi connectivity index (χ0) is 11.4. The minimum Gasteiger partial charge on any atom is -0.387 e. The van der Waals surface area contributed by atoms with Crippen LogP contribution in [0.2, 0.25) is 0 Å². The molecule has 1 N–H and O–H groups in total. The second-order valence-corrected chi connectivity index (χ2v) is 3.91. The van der Waals surface area contributed by atoms with E-state index in [0.29, 0.717) is 0 Å². The second-order valence-electron chi connectivity index (χ2n) is 3.91. The standard InChI is InChI=1S/C13H16N2O/c1-11(16)13-3-2-9-15(13)10-6-12-4-7-14-8-5-12/h2-5,7-9,11,16H,6,10H2,1H3. The minimum absolute atomic E-state index is 0.410. The summed E-state index contributed by atoms with van der Waals surface area (Å²) < 4.78 is 2.09. The van der Waals surface area contributed by atoms with Crippen LogP contribution in [0.3, 0.4) is 0 Å². The molecule has 0 aliphatic rings. The molecule has 1 atom stereocenters. The maximum Gasteiger partial charge on any atom is 0.0911 e. The molecular formula is C13H16N2O. The van der Waals surface area contributed by atoms with Crippen LogP contribution in [0.4, 0.5) is 0 Å². The third-order valence-electron chi connectivity index (χ3n) is 2.68. The van der Waals surface area contributed by atoms with E-state index in [1.165, 1.54) is 5.56 Å². The van der Waals surface area contributed by atoms with Crippen LogP contribution < -0.4 is 0 Å². The molecule has 0 saturated heterocycles. The summed E-state index contributed by atoms with van der Waals surface area (Å²) >= 11 is 0. The number of pyridine rings is 1. The van der Waals surface area contributed by atoms with Gasteiger partial charge in [-0.25, -0.2) is 0 Å². The molecule has 0 aromatic carbocycles. The molecule has 0 aliphatic carbocycles. The average Bonchev–Trinajstić information content (AvgIpc) is 2.76. The first kappa shape index (κ1) is 10.9. The lowest BCUT2D eigenvalue weighted by molar-refractivity contribution is 0.189. The fraction of sp³-hybridized carbons (Fsp3) is 0.308. The highest BCUT2D eigenvalue weighted by Crippen LogP contribution is 2.13. The molecule has 3 nitrogen and oxygen atoms in total. The summed E-state index contributed by atoms with van der Waals surface area (Å²) in [6.07, 6.45) is 6.16. The SMILES string of the molecule is CC(O)c1cccn1CCc1ccncc1. The van der Waals surface area contributed by atoms with Crippen LogP contribution in [-0.4, -0.2) is 14.7 Å². The number of aliphatic hydroxyl groups is 1. The highest BCUT2D eigenvalue weighted by atomic mass is 16.3. The Morgan fingerprint density at radius 1 is 1.31 bits per heavy atom. The molecule has 2 heterocycles. The van der Waals surface area contributed by atoms with Gasteiger partial charge in [0.25, 0.3) is 0 Å². The Labute approximate surface area is 95.4 Å². The van der Waals surface area contributed by atoms with Gasteiger partial charge in [-0.15, -0.1) is 0 Å². The molecule has 84 valence electrons. The first-order valence-electron chi connectivity index (χ1n) is 5.49. The van der Waals surface area contributed by atoms with E-state index in [4.69, 9.17) is 0 Å². The molecular weight excluding hydrogens is 200 g/mol. The zero-order valence-corrected chi connectivity index (χ0v) is 9.37. The van der Waals surface area contributed by atoms with Gasteiger partial charge in [0.2, 0.25) is 0 Å². The maximum atomic E-state index is 9.56. The molecule has 3 heteroatoms. The van der Waals surface area contributed by atoms with Crippen LogP contribution in [0.25, 0.3) is 0 Å². The van der Waals surface area contributed by atoms with Crippen molar-refractivity contribution in [2.45, 2.75) is 26.0 Å². The highest BCUT2D eigenvalue weighted by Gasteiger charge is 2.05. The number of hydrogen-bond acceptors (Lipinski definition) is 2. The summed E-state index contributed by atoms with van der Waals surface area (Å²) in [5, 5.41) is 9.56. The van der Waals surface area contributed by atoms with Crippen LogP contribution in [0.15, 0.2) is 42.9 Å². The van der Waals surface area contributed by atoms with E-state index in [-0.39, 0.29) is 0 Å². The smallest absolute Gasteiger partial charge is 0.0911 e. The Morgan fingerprint density at radius 3 is 2.75 bits per heavy atom. The number of aliphatic hydroxyl groups excluding tert-OH is 1. The summed E-state index contributed by atoms with van der Waals surface area (Å²) in [6.45, 7) is 2.68. The van der Waals surface area contributed by atoms with Gasteiger partial charge in [0.1, 0.15) is 0 Å². The lowest BCUT2D eigenvalue weighted by Crippen LogP contribution is -2.06. The first-order valence-corrected chi connectivity index (χ1v) is 5.49. The van der Waals surface area contributed by atoms with Crippen molar-refractivity contribution in [2.24, 2.45) is 0 Å². The first-order chi connectivity index (χ1) is 7.77. The molecule has 1 unspecified atom stereocenters. The fourth-order valence-electron chi connectivity index (χ4n) is 1.81. The lowest BCUT2D eigenvalue weighted by Gasteiger charge is -2.11. The van der Waals surface area contributed by atoms with Crippen LogP contribution in [0, 0.1) is 0 Å². The summed E-state index contributed by atoms with van der Waals surface area (Å²) in [7, 11) is 0. The van der Waals surface area contributed by atoms with E-state index in [2.05, 4.69) is 9.55 Å². The monoisotopic (exact) mass is 216 g/mol. The molecule has 0 radical (unpaired) electrons. The minimum atomic E-state index is -0.410. The molecule has 0 amide bonds. The van der Waals surface area contributed by atoms with Gasteiger partial charge in [0, 0.05) is 30.8 Å². The van der Waals surface area contributed by atoms with Crippen molar-refractivity contribution in [2.75, 3.05) is 0 Å². The predicted molar refractivity (Wildman–Crippen MR) is 63.0 cm³/mol. The van der Waals surface area contributed by atoms with Gasteiger partial charge < -0.3 is 9.67 Å². The molecule has 2 rings (SSSR count). The number of aryl methyl sites for hydroxylation is 2. The van der Waals surface area contributed by atoms with Crippen molar-refractivity contribution in [1.82, 2.24) is 9.55 Å². The third kappa shape index (κ3) is 2.49. The normalized spacial score (nSPS) is 12.6. The van der Waals surface area contributed by atoms with Crippen LogP contribution >= 0.6 is 0 Å². The second kappa shape index (κ2) is 4.94. The van der Waals surface area contributed by atoms with Gasteiger partial charge in [0.05, 0.1) is 6.10 Å². The Hall–Kier alpha value is -1.61. The predicted octanol–water partition coefficient (Wildman–Crippen LogP) is 2.18. The zero-order valence-electron chi connectivity index (χ0n) is 9.37. The Morgan fingerprint density at radius 2 is 2.06 bits per heavy atom. The van der Waals surface area contributed by atoms with Crippen molar-refractivity contribution >= 4 is 0 Å². The number of hydrogen-bond donors (Lipinski definition) is 1. The van der Waals surface area contributed by atoms with Crippen LogP contribution in [-0.2, 0) is 13.0 Å². The van der Waals surface area contributed by atoms with Gasteiger partial charge in [-0.3, -0.25) is 4.98 Å². The van der Waals surface area contributed by atoms with E-state index in [0.717, 1.165) is 18.7 Å². The number of nitrogens with zero attached hydrogens (tertiary/aromatic N) is 2. The Balaban J connectivity index is 2.02. The summed E-state index contributed by atoms with van der Waals surface area (Å²) in [6, 6.07) is 7.96. The Kier molecular flexibility index (Phi) is 3.37. The van der Waals surface area contributed by atoms with Crippen molar-refractivity contribution < 1.29 is 5.11 Å². The summed E-state index contributed by atoms with van der Waals surface area (Å²) in [5.41, 5.74) is 2.23. The van der Waals surface area contributed by atoms with Crippen molar-refractivity contribution in [3.05, 3.63) is 54.1 Å². The largest absolute Gasteiger partial charge is 0.387 e. The quantitative estimate of drug-likeness (QED) is 0.850. The number of rotatable bonds is 4. The Bertz CT molecular complexity index is 434. The topological polar surface area (TPSA) is 38.0 Å².